The first-order valence-corrected chi connectivity index (χ1v) is 13.4. The van der Waals surface area contributed by atoms with Crippen molar-refractivity contribution in [1.29, 1.82) is 0 Å². The summed E-state index contributed by atoms with van der Waals surface area (Å²) < 4.78 is 3.23. The van der Waals surface area contributed by atoms with Crippen LogP contribution >= 0.6 is 11.3 Å². The lowest BCUT2D eigenvalue weighted by atomic mass is 9.93. The lowest BCUT2D eigenvalue weighted by Crippen LogP contribution is -2.28. The Morgan fingerprint density at radius 2 is 1.86 bits per heavy atom. The van der Waals surface area contributed by atoms with Crippen LogP contribution in [0.4, 0.5) is 16.8 Å². The number of anilines is 3. The molecule has 4 heterocycles. The van der Waals surface area contributed by atoms with Crippen molar-refractivity contribution in [2.45, 2.75) is 51.3 Å². The maximum atomic E-state index is 9.89. The summed E-state index contributed by atoms with van der Waals surface area (Å²) >= 11 is 1.61. The smallest absolute Gasteiger partial charge is 0.189 e. The predicted octanol–water partition coefficient (Wildman–Crippen LogP) is 5.77. The highest BCUT2D eigenvalue weighted by Crippen LogP contribution is 2.32. The number of aryl methyl sites for hydroxylation is 1. The summed E-state index contributed by atoms with van der Waals surface area (Å²) in [6.07, 6.45) is 10.8. The molecule has 0 spiro atoms. The Balaban J connectivity index is 1.28. The molecule has 5 aromatic rings. The second-order valence-corrected chi connectivity index (χ2v) is 10.6. The van der Waals surface area contributed by atoms with Crippen molar-refractivity contribution >= 4 is 38.3 Å². The number of fused-ring (bicyclic) bond motifs is 1. The summed E-state index contributed by atoms with van der Waals surface area (Å²) in [5, 5.41) is 17.7. The summed E-state index contributed by atoms with van der Waals surface area (Å²) in [6, 6.07) is 14.8. The number of nitrogens with one attached hydrogen (secondary N) is 2. The van der Waals surface area contributed by atoms with Crippen molar-refractivity contribution in [2.24, 2.45) is 0 Å². The molecule has 0 radical (unpaired) electrons. The number of imidazole rings is 1. The number of hydrogen-bond donors (Lipinski definition) is 3. The van der Waals surface area contributed by atoms with E-state index in [-0.39, 0.29) is 6.10 Å². The maximum absolute atomic E-state index is 9.89. The number of aliphatic hydroxyl groups excluding tert-OH is 1. The van der Waals surface area contributed by atoms with Crippen LogP contribution in [-0.4, -0.2) is 41.8 Å². The fourth-order valence-electron chi connectivity index (χ4n) is 4.81. The lowest BCUT2D eigenvalue weighted by Gasteiger charge is -2.27. The van der Waals surface area contributed by atoms with Gasteiger partial charge in [-0.05, 0) is 74.1 Å². The van der Waals surface area contributed by atoms with Crippen LogP contribution < -0.4 is 10.6 Å². The van der Waals surface area contributed by atoms with Crippen molar-refractivity contribution in [1.82, 2.24) is 24.5 Å². The molecule has 1 saturated carbocycles. The van der Waals surface area contributed by atoms with Crippen molar-refractivity contribution in [2.75, 3.05) is 10.6 Å². The van der Waals surface area contributed by atoms with E-state index in [4.69, 9.17) is 9.97 Å². The van der Waals surface area contributed by atoms with Gasteiger partial charge in [0.05, 0.1) is 16.3 Å². The van der Waals surface area contributed by atoms with Crippen LogP contribution in [-0.2, 0) is 6.54 Å². The average molecular weight is 512 g/mol. The Hall–Kier alpha value is -3.82. The van der Waals surface area contributed by atoms with Gasteiger partial charge in [0, 0.05) is 42.9 Å². The molecule has 1 fully saturated rings. The molecule has 0 saturated heterocycles. The fraction of sp³-hybridized carbons (Fsp3) is 0.286. The van der Waals surface area contributed by atoms with E-state index in [1.807, 2.05) is 31.6 Å². The molecular weight excluding hydrogens is 482 g/mol. The SMILES string of the molecule is Cc1nccn1Cc1cc(Nc2nc3ccc(-c4cccnc4)cc3s2)nc(NC2CCC(O)CC2)c1. The van der Waals surface area contributed by atoms with Crippen LogP contribution in [0.5, 0.6) is 0 Å². The number of nitrogens with zero attached hydrogens (tertiary/aromatic N) is 5. The molecular formula is C28H29N7OS. The van der Waals surface area contributed by atoms with Gasteiger partial charge in [-0.2, -0.15) is 0 Å². The highest BCUT2D eigenvalue weighted by molar-refractivity contribution is 7.22. The Bertz CT molecular complexity index is 1510. The third-order valence-corrected chi connectivity index (χ3v) is 7.76. The number of benzene rings is 1. The van der Waals surface area contributed by atoms with E-state index in [9.17, 15) is 5.11 Å². The van der Waals surface area contributed by atoms with E-state index >= 15 is 0 Å². The first-order chi connectivity index (χ1) is 18.1. The number of hydrogen-bond acceptors (Lipinski definition) is 8. The monoisotopic (exact) mass is 511 g/mol. The molecule has 1 aromatic carbocycles. The standard InChI is InChI=1S/C28H29N7OS/c1-18-30-11-12-35(18)17-19-13-26(31-22-5-7-23(36)8-6-22)33-27(14-19)34-28-32-24-9-4-20(15-25(24)37-28)21-3-2-10-29-16-21/h2-4,9-16,22-23,36H,5-8,17H2,1H3,(H2,31,32,33,34). The molecule has 8 nitrogen and oxygen atoms in total. The van der Waals surface area contributed by atoms with Gasteiger partial charge in [-0.1, -0.05) is 23.5 Å². The van der Waals surface area contributed by atoms with Crippen LogP contribution in [0.15, 0.2) is 67.3 Å². The second kappa shape index (κ2) is 10.3. The van der Waals surface area contributed by atoms with Crippen LogP contribution in [0, 0.1) is 6.92 Å². The Morgan fingerprint density at radius 1 is 1.00 bits per heavy atom. The summed E-state index contributed by atoms with van der Waals surface area (Å²) in [6.45, 7) is 2.71. The Labute approximate surface area is 219 Å². The van der Waals surface area contributed by atoms with Crippen LogP contribution in [0.2, 0.25) is 0 Å². The first kappa shape index (κ1) is 23.6. The van der Waals surface area contributed by atoms with Gasteiger partial charge in [-0.15, -0.1) is 0 Å². The quantitative estimate of drug-likeness (QED) is 0.255. The molecule has 6 rings (SSSR count). The molecule has 1 aliphatic carbocycles. The number of aromatic nitrogens is 5. The topological polar surface area (TPSA) is 101 Å². The normalized spacial score (nSPS) is 17.7. The van der Waals surface area contributed by atoms with Gasteiger partial charge in [-0.25, -0.2) is 15.0 Å². The third-order valence-electron chi connectivity index (χ3n) is 6.83. The summed E-state index contributed by atoms with van der Waals surface area (Å²) in [7, 11) is 0. The molecule has 0 bridgehead atoms. The van der Waals surface area contributed by atoms with Crippen molar-refractivity contribution < 1.29 is 5.11 Å². The molecule has 9 heteroatoms. The van der Waals surface area contributed by atoms with Gasteiger partial charge >= 0.3 is 0 Å². The minimum absolute atomic E-state index is 0.184. The summed E-state index contributed by atoms with van der Waals surface area (Å²) in [4.78, 5) is 18.3. The molecule has 188 valence electrons. The van der Waals surface area contributed by atoms with Crippen LogP contribution in [0.25, 0.3) is 21.3 Å². The minimum atomic E-state index is -0.184. The van der Waals surface area contributed by atoms with Crippen molar-refractivity contribution in [3.63, 3.8) is 0 Å². The number of pyridine rings is 2. The number of rotatable bonds is 7. The Morgan fingerprint density at radius 3 is 2.65 bits per heavy atom. The third kappa shape index (κ3) is 5.47. The van der Waals surface area contributed by atoms with E-state index in [1.165, 1.54) is 0 Å². The van der Waals surface area contributed by atoms with Crippen molar-refractivity contribution in [3.8, 4) is 11.1 Å². The number of aliphatic hydroxyl groups is 1. The molecule has 3 N–H and O–H groups in total. The van der Waals surface area contributed by atoms with Gasteiger partial charge in [-0.3, -0.25) is 4.98 Å². The van der Waals surface area contributed by atoms with E-state index in [0.29, 0.717) is 12.6 Å². The van der Waals surface area contributed by atoms with Gasteiger partial charge in [0.15, 0.2) is 5.13 Å². The zero-order chi connectivity index (χ0) is 25.2. The number of thiazole rings is 1. The van der Waals surface area contributed by atoms with E-state index in [2.05, 4.69) is 61.6 Å². The second-order valence-electron chi connectivity index (χ2n) is 9.57. The van der Waals surface area contributed by atoms with E-state index in [1.54, 1.807) is 17.5 Å². The maximum Gasteiger partial charge on any atom is 0.189 e. The Kier molecular flexibility index (Phi) is 6.55. The molecule has 0 unspecified atom stereocenters. The van der Waals surface area contributed by atoms with E-state index in [0.717, 1.165) is 75.2 Å². The zero-order valence-electron chi connectivity index (χ0n) is 20.6. The van der Waals surface area contributed by atoms with Gasteiger partial charge < -0.3 is 20.3 Å². The lowest BCUT2D eigenvalue weighted by molar-refractivity contribution is 0.126. The summed E-state index contributed by atoms with van der Waals surface area (Å²) in [5.74, 6) is 2.55. The fourth-order valence-corrected chi connectivity index (χ4v) is 5.73. The van der Waals surface area contributed by atoms with Crippen LogP contribution in [0.1, 0.15) is 37.1 Å². The van der Waals surface area contributed by atoms with Crippen LogP contribution in [0.3, 0.4) is 0 Å². The van der Waals surface area contributed by atoms with Gasteiger partial charge in [0.25, 0.3) is 0 Å². The predicted molar refractivity (Wildman–Crippen MR) is 148 cm³/mol. The molecule has 0 atom stereocenters. The molecule has 0 amide bonds. The zero-order valence-corrected chi connectivity index (χ0v) is 21.4. The average Bonchev–Trinajstić information content (AvgIpc) is 3.50. The molecule has 1 aliphatic rings. The van der Waals surface area contributed by atoms with Gasteiger partial charge in [0.1, 0.15) is 17.5 Å². The highest BCUT2D eigenvalue weighted by atomic mass is 32.1. The highest BCUT2D eigenvalue weighted by Gasteiger charge is 2.20. The molecule has 4 aromatic heterocycles. The van der Waals surface area contributed by atoms with Crippen molar-refractivity contribution in [3.05, 3.63) is 78.6 Å². The minimum Gasteiger partial charge on any atom is -0.393 e. The van der Waals surface area contributed by atoms with Gasteiger partial charge in [0.2, 0.25) is 0 Å². The van der Waals surface area contributed by atoms with E-state index < -0.39 is 0 Å². The first-order valence-electron chi connectivity index (χ1n) is 12.6. The molecule has 37 heavy (non-hydrogen) atoms. The molecule has 0 aliphatic heterocycles. The largest absolute Gasteiger partial charge is 0.393 e. The summed E-state index contributed by atoms with van der Waals surface area (Å²) in [5.41, 5.74) is 4.28.